The standard InChI is InChI=1S/C17H18ClN3O2/c18-15-4-2-1-3-14(15)9-13-11-21(7-8-23-12-13)17(22)16-10-19-5-6-20-16/h1-6,10,13H,7-9,11-12H2/t13-/m0/s1. The van der Waals surface area contributed by atoms with Crippen molar-refractivity contribution < 1.29 is 9.53 Å². The highest BCUT2D eigenvalue weighted by atomic mass is 35.5. The van der Waals surface area contributed by atoms with E-state index in [0.29, 0.717) is 32.0 Å². The number of carbonyl (C=O) groups excluding carboxylic acids is 1. The van der Waals surface area contributed by atoms with E-state index in [1.807, 2.05) is 24.3 Å². The van der Waals surface area contributed by atoms with E-state index in [4.69, 9.17) is 16.3 Å². The molecule has 3 rings (SSSR count). The van der Waals surface area contributed by atoms with Gasteiger partial charge in [-0.3, -0.25) is 9.78 Å². The molecular formula is C17H18ClN3O2. The largest absolute Gasteiger partial charge is 0.379 e. The molecule has 1 aromatic heterocycles. The first-order valence-corrected chi connectivity index (χ1v) is 7.98. The lowest BCUT2D eigenvalue weighted by atomic mass is 9.99. The van der Waals surface area contributed by atoms with Crippen molar-refractivity contribution in [2.75, 3.05) is 26.3 Å². The van der Waals surface area contributed by atoms with Gasteiger partial charge in [-0.05, 0) is 18.1 Å². The predicted octanol–water partition coefficient (Wildman–Crippen LogP) is 2.46. The van der Waals surface area contributed by atoms with E-state index in [2.05, 4.69) is 9.97 Å². The van der Waals surface area contributed by atoms with Gasteiger partial charge in [-0.1, -0.05) is 29.8 Å². The van der Waals surface area contributed by atoms with Crippen LogP contribution in [-0.2, 0) is 11.2 Å². The first-order chi connectivity index (χ1) is 11.2. The zero-order chi connectivity index (χ0) is 16.1. The average molecular weight is 332 g/mol. The van der Waals surface area contributed by atoms with Gasteiger partial charge in [0.25, 0.3) is 5.91 Å². The minimum absolute atomic E-state index is 0.104. The average Bonchev–Trinajstić information content (AvgIpc) is 2.83. The molecule has 6 heteroatoms. The van der Waals surface area contributed by atoms with Crippen LogP contribution in [0.25, 0.3) is 0 Å². The Morgan fingerprint density at radius 2 is 2.22 bits per heavy atom. The Labute approximate surface area is 140 Å². The smallest absolute Gasteiger partial charge is 0.274 e. The Kier molecular flexibility index (Phi) is 5.20. The molecule has 0 N–H and O–H groups in total. The number of hydrogen-bond acceptors (Lipinski definition) is 4. The number of benzene rings is 1. The van der Waals surface area contributed by atoms with Crippen LogP contribution in [0.2, 0.25) is 5.02 Å². The van der Waals surface area contributed by atoms with Crippen molar-refractivity contribution in [3.63, 3.8) is 0 Å². The fourth-order valence-electron chi connectivity index (χ4n) is 2.73. The second kappa shape index (κ2) is 7.53. The van der Waals surface area contributed by atoms with E-state index in [1.165, 1.54) is 12.4 Å². The van der Waals surface area contributed by atoms with E-state index >= 15 is 0 Å². The number of rotatable bonds is 3. The molecule has 1 fully saturated rings. The van der Waals surface area contributed by atoms with Crippen LogP contribution in [0.4, 0.5) is 0 Å². The summed E-state index contributed by atoms with van der Waals surface area (Å²) in [7, 11) is 0. The summed E-state index contributed by atoms with van der Waals surface area (Å²) in [6, 6.07) is 7.79. The van der Waals surface area contributed by atoms with Crippen molar-refractivity contribution in [1.82, 2.24) is 14.9 Å². The molecule has 1 atom stereocenters. The van der Waals surface area contributed by atoms with Crippen molar-refractivity contribution >= 4 is 17.5 Å². The van der Waals surface area contributed by atoms with Crippen LogP contribution in [0.3, 0.4) is 0 Å². The molecule has 1 aromatic carbocycles. The van der Waals surface area contributed by atoms with Crippen molar-refractivity contribution in [3.8, 4) is 0 Å². The number of ether oxygens (including phenoxy) is 1. The van der Waals surface area contributed by atoms with Crippen LogP contribution in [0.1, 0.15) is 16.1 Å². The predicted molar refractivity (Wildman–Crippen MR) is 87.4 cm³/mol. The number of aromatic nitrogens is 2. The van der Waals surface area contributed by atoms with Crippen LogP contribution in [0, 0.1) is 5.92 Å². The quantitative estimate of drug-likeness (QED) is 0.867. The van der Waals surface area contributed by atoms with Crippen LogP contribution < -0.4 is 0 Å². The lowest BCUT2D eigenvalue weighted by Crippen LogP contribution is -2.36. The molecule has 1 aliphatic heterocycles. The fourth-order valence-corrected chi connectivity index (χ4v) is 2.95. The highest BCUT2D eigenvalue weighted by molar-refractivity contribution is 6.31. The van der Waals surface area contributed by atoms with Crippen molar-refractivity contribution in [1.29, 1.82) is 0 Å². The second-order valence-electron chi connectivity index (χ2n) is 5.58. The lowest BCUT2D eigenvalue weighted by molar-refractivity contribution is 0.0731. The summed E-state index contributed by atoms with van der Waals surface area (Å²) in [6.45, 7) is 2.34. The summed E-state index contributed by atoms with van der Waals surface area (Å²) in [5.74, 6) is 0.103. The number of nitrogens with zero attached hydrogens (tertiary/aromatic N) is 3. The third-order valence-electron chi connectivity index (χ3n) is 3.87. The molecule has 2 aromatic rings. The number of carbonyl (C=O) groups is 1. The van der Waals surface area contributed by atoms with Crippen molar-refractivity contribution in [3.05, 3.63) is 59.1 Å². The van der Waals surface area contributed by atoms with Gasteiger partial charge in [0.1, 0.15) is 5.69 Å². The maximum atomic E-state index is 12.6. The molecule has 120 valence electrons. The van der Waals surface area contributed by atoms with E-state index in [9.17, 15) is 4.79 Å². The van der Waals surface area contributed by atoms with E-state index < -0.39 is 0 Å². The van der Waals surface area contributed by atoms with Gasteiger partial charge in [0.15, 0.2) is 0 Å². The SMILES string of the molecule is O=C(c1cnccn1)N1CCOC[C@@H](Cc2ccccc2Cl)C1. The fraction of sp³-hybridized carbons (Fsp3) is 0.353. The zero-order valence-electron chi connectivity index (χ0n) is 12.7. The summed E-state index contributed by atoms with van der Waals surface area (Å²) in [5, 5.41) is 0.753. The molecule has 0 bridgehead atoms. The van der Waals surface area contributed by atoms with Gasteiger partial charge in [-0.25, -0.2) is 4.98 Å². The molecule has 2 heterocycles. The maximum Gasteiger partial charge on any atom is 0.274 e. The molecular weight excluding hydrogens is 314 g/mol. The van der Waals surface area contributed by atoms with Gasteiger partial charge in [-0.2, -0.15) is 0 Å². The summed E-state index contributed by atoms with van der Waals surface area (Å²) in [6.07, 6.45) is 5.37. The maximum absolute atomic E-state index is 12.6. The lowest BCUT2D eigenvalue weighted by Gasteiger charge is -2.23. The molecule has 0 spiro atoms. The molecule has 0 unspecified atom stereocenters. The van der Waals surface area contributed by atoms with E-state index in [0.717, 1.165) is 17.0 Å². The van der Waals surface area contributed by atoms with Crippen molar-refractivity contribution in [2.24, 2.45) is 5.92 Å². The topological polar surface area (TPSA) is 55.3 Å². The van der Waals surface area contributed by atoms with Crippen LogP contribution in [-0.4, -0.2) is 47.1 Å². The first kappa shape index (κ1) is 15.9. The minimum Gasteiger partial charge on any atom is -0.379 e. The highest BCUT2D eigenvalue weighted by Crippen LogP contribution is 2.21. The van der Waals surface area contributed by atoms with Gasteiger partial charge >= 0.3 is 0 Å². The third kappa shape index (κ3) is 4.06. The van der Waals surface area contributed by atoms with Gasteiger partial charge in [0.2, 0.25) is 0 Å². The molecule has 23 heavy (non-hydrogen) atoms. The second-order valence-corrected chi connectivity index (χ2v) is 5.99. The molecule has 1 aliphatic rings. The van der Waals surface area contributed by atoms with Crippen LogP contribution in [0.15, 0.2) is 42.9 Å². The van der Waals surface area contributed by atoms with Gasteiger partial charge in [-0.15, -0.1) is 0 Å². The molecule has 1 saturated heterocycles. The Morgan fingerprint density at radius 1 is 1.35 bits per heavy atom. The van der Waals surface area contributed by atoms with Crippen molar-refractivity contribution in [2.45, 2.75) is 6.42 Å². The van der Waals surface area contributed by atoms with Gasteiger partial charge in [0.05, 0.1) is 19.4 Å². The molecule has 1 amide bonds. The minimum atomic E-state index is -0.104. The van der Waals surface area contributed by atoms with E-state index in [-0.39, 0.29) is 11.8 Å². The Bertz CT molecular complexity index is 666. The van der Waals surface area contributed by atoms with Gasteiger partial charge < -0.3 is 9.64 Å². The van der Waals surface area contributed by atoms with Gasteiger partial charge in [0, 0.05) is 36.4 Å². The number of amides is 1. The Balaban J connectivity index is 1.71. The zero-order valence-corrected chi connectivity index (χ0v) is 13.4. The number of halogens is 1. The van der Waals surface area contributed by atoms with Crippen LogP contribution >= 0.6 is 11.6 Å². The number of hydrogen-bond donors (Lipinski definition) is 0. The summed E-state index contributed by atoms with van der Waals surface area (Å²) in [4.78, 5) is 22.4. The third-order valence-corrected chi connectivity index (χ3v) is 4.24. The molecule has 0 saturated carbocycles. The molecule has 0 aliphatic carbocycles. The summed E-state index contributed by atoms with van der Waals surface area (Å²) in [5.41, 5.74) is 1.45. The molecule has 0 radical (unpaired) electrons. The Morgan fingerprint density at radius 3 is 3.00 bits per heavy atom. The monoisotopic (exact) mass is 331 g/mol. The highest BCUT2D eigenvalue weighted by Gasteiger charge is 2.24. The van der Waals surface area contributed by atoms with Crippen LogP contribution in [0.5, 0.6) is 0 Å². The van der Waals surface area contributed by atoms with E-state index in [1.54, 1.807) is 11.1 Å². The summed E-state index contributed by atoms with van der Waals surface area (Å²) < 4.78 is 5.66. The Hall–Kier alpha value is -1.98. The summed E-state index contributed by atoms with van der Waals surface area (Å²) >= 11 is 6.24. The normalized spacial score (nSPS) is 18.5. The molecule has 5 nitrogen and oxygen atoms in total. The first-order valence-electron chi connectivity index (χ1n) is 7.60.